The fourth-order valence-electron chi connectivity index (χ4n) is 3.76. The Balaban J connectivity index is 1.81. The highest BCUT2D eigenvalue weighted by molar-refractivity contribution is 7.89. The molecule has 1 aromatic rings. The van der Waals surface area contributed by atoms with E-state index in [1.807, 2.05) is 32.0 Å². The van der Waals surface area contributed by atoms with Gasteiger partial charge in [-0.2, -0.15) is 8.42 Å². The first kappa shape index (κ1) is 26.6. The summed E-state index contributed by atoms with van der Waals surface area (Å²) in [5.41, 5.74) is 2.67. The lowest BCUT2D eigenvalue weighted by Crippen LogP contribution is -2.34. The fraction of sp³-hybridized carbons (Fsp3) is 0.360. The molecule has 184 valence electrons. The Hall–Kier alpha value is -1.97. The Bertz CT molecular complexity index is 1350. The third kappa shape index (κ3) is 6.37. The zero-order valence-corrected chi connectivity index (χ0v) is 22.1. The summed E-state index contributed by atoms with van der Waals surface area (Å²) in [4.78, 5) is 0.0330. The molecule has 0 aromatic heterocycles. The van der Waals surface area contributed by atoms with E-state index in [2.05, 4.69) is 18.6 Å². The van der Waals surface area contributed by atoms with Gasteiger partial charge in [0.05, 0.1) is 4.90 Å². The van der Waals surface area contributed by atoms with E-state index in [0.29, 0.717) is 23.4 Å². The minimum atomic E-state index is -4.39. The number of fused-ring (bicyclic) bond motifs is 1. The van der Waals surface area contributed by atoms with Gasteiger partial charge in [0.2, 0.25) is 10.0 Å². The highest BCUT2D eigenvalue weighted by Crippen LogP contribution is 2.37. The maximum atomic E-state index is 12.6. The Morgan fingerprint density at radius 3 is 2.09 bits per heavy atom. The van der Waals surface area contributed by atoms with Crippen LogP contribution in [-0.2, 0) is 26.6 Å². The van der Waals surface area contributed by atoms with E-state index in [0.717, 1.165) is 16.7 Å². The molecule has 0 heterocycles. The second-order valence-electron chi connectivity index (χ2n) is 9.60. The van der Waals surface area contributed by atoms with E-state index in [4.69, 9.17) is 11.6 Å². The number of aryl methyl sites for hydroxylation is 1. The van der Waals surface area contributed by atoms with Crippen molar-refractivity contribution in [2.24, 2.45) is 5.41 Å². The van der Waals surface area contributed by atoms with Crippen molar-refractivity contribution >= 4 is 31.7 Å². The zero-order valence-electron chi connectivity index (χ0n) is 19.7. The van der Waals surface area contributed by atoms with Gasteiger partial charge in [-0.1, -0.05) is 63.6 Å². The summed E-state index contributed by atoms with van der Waals surface area (Å²) in [6.07, 6.45) is 1.11. The molecule has 1 aromatic carbocycles. The third-order valence-electron chi connectivity index (χ3n) is 5.97. The van der Waals surface area contributed by atoms with E-state index in [1.165, 1.54) is 30.3 Å². The van der Waals surface area contributed by atoms with Crippen molar-refractivity contribution in [2.45, 2.75) is 56.2 Å². The summed E-state index contributed by atoms with van der Waals surface area (Å²) in [5.74, 6) is 0.265. The molecular weight excluding hydrogens is 494 g/mol. The molecule has 0 radical (unpaired) electrons. The first-order chi connectivity index (χ1) is 15.7. The number of sulfonamides is 1. The molecule has 9 heteroatoms. The highest BCUT2D eigenvalue weighted by atomic mass is 35.5. The molecule has 6 nitrogen and oxygen atoms in total. The summed E-state index contributed by atoms with van der Waals surface area (Å²) in [7, 11) is -8.08. The van der Waals surface area contributed by atoms with E-state index < -0.39 is 25.6 Å². The molecular formula is C25H30ClNO5S2. The molecule has 0 atom stereocenters. The van der Waals surface area contributed by atoms with Crippen molar-refractivity contribution in [3.05, 3.63) is 70.7 Å². The summed E-state index contributed by atoms with van der Waals surface area (Å²) in [5, 5.41) is 0.458. The number of nitrogens with one attached hydrogen (secondary N) is 1. The first-order valence-electron chi connectivity index (χ1n) is 11.0. The minimum absolute atomic E-state index is 0.107. The van der Waals surface area contributed by atoms with Gasteiger partial charge in [-0.05, 0) is 71.2 Å². The van der Waals surface area contributed by atoms with Crippen LogP contribution < -0.4 is 4.72 Å². The normalized spacial score (nSPS) is 13.0. The molecule has 2 aliphatic rings. The molecule has 3 rings (SSSR count). The first-order valence-corrected chi connectivity index (χ1v) is 14.3. The van der Waals surface area contributed by atoms with Gasteiger partial charge >= 0.3 is 0 Å². The maximum absolute atomic E-state index is 12.6. The molecule has 0 amide bonds. The summed E-state index contributed by atoms with van der Waals surface area (Å²) in [6, 6.07) is 15.0. The van der Waals surface area contributed by atoms with Gasteiger partial charge in [0.15, 0.2) is 0 Å². The van der Waals surface area contributed by atoms with Crippen molar-refractivity contribution in [3.63, 3.8) is 0 Å². The molecule has 0 spiro atoms. The van der Waals surface area contributed by atoms with Gasteiger partial charge in [0.25, 0.3) is 10.1 Å². The van der Waals surface area contributed by atoms with Gasteiger partial charge in [-0.3, -0.25) is 4.55 Å². The van der Waals surface area contributed by atoms with Crippen molar-refractivity contribution < 1.29 is 21.4 Å². The minimum Gasteiger partial charge on any atom is -0.282 e. The molecule has 0 unspecified atom stereocenters. The Morgan fingerprint density at radius 2 is 1.53 bits per heavy atom. The van der Waals surface area contributed by atoms with Crippen LogP contribution in [0.15, 0.2) is 64.4 Å². The largest absolute Gasteiger partial charge is 0.295 e. The smallest absolute Gasteiger partial charge is 0.282 e. The number of hydrogen-bond donors (Lipinski definition) is 2. The summed E-state index contributed by atoms with van der Waals surface area (Å²) < 4.78 is 61.7. The molecule has 0 aliphatic heterocycles. The van der Waals surface area contributed by atoms with E-state index in [9.17, 15) is 21.4 Å². The zero-order chi connectivity index (χ0) is 25.3. The SMILES string of the molecule is CC(C)c1ccc2c(CCC(C)(C)CNS(=O)(=O)c3ccc(Cl)cc3)cc(S(=O)(=O)O)c-2cc1. The second kappa shape index (κ2) is 9.95. The van der Waals surface area contributed by atoms with Crippen LogP contribution in [0.3, 0.4) is 0 Å². The predicted octanol–water partition coefficient (Wildman–Crippen LogP) is 5.75. The maximum Gasteiger partial charge on any atom is 0.295 e. The standard InChI is InChI=1S/C25H30ClNO5S2/c1-17(2)18-5-11-22-19(15-24(34(30,31)32)23(22)12-6-18)13-14-25(3,4)16-27-33(28,29)21-9-7-20(26)8-10-21/h5-12,15,17,27H,13-14,16H2,1-4H3,(H,30,31,32). The van der Waals surface area contributed by atoms with E-state index in [1.54, 1.807) is 6.07 Å². The quantitative estimate of drug-likeness (QED) is 0.348. The number of hydrogen-bond acceptors (Lipinski definition) is 4. The second-order valence-corrected chi connectivity index (χ2v) is 13.2. The Labute approximate surface area is 207 Å². The van der Waals surface area contributed by atoms with E-state index >= 15 is 0 Å². The van der Waals surface area contributed by atoms with Crippen molar-refractivity contribution in [1.82, 2.24) is 4.72 Å². The number of benzene rings is 1. The van der Waals surface area contributed by atoms with Gasteiger partial charge in [-0.15, -0.1) is 0 Å². The van der Waals surface area contributed by atoms with Crippen LogP contribution in [0.4, 0.5) is 0 Å². The fourth-order valence-corrected chi connectivity index (χ4v) is 5.87. The molecule has 0 saturated heterocycles. The molecule has 34 heavy (non-hydrogen) atoms. The molecule has 2 N–H and O–H groups in total. The summed E-state index contributed by atoms with van der Waals surface area (Å²) >= 11 is 5.85. The number of halogens is 1. The Kier molecular flexibility index (Phi) is 7.79. The van der Waals surface area contributed by atoms with Crippen LogP contribution in [0.1, 0.15) is 51.2 Å². The van der Waals surface area contributed by atoms with Crippen LogP contribution in [0, 0.1) is 5.41 Å². The molecule has 2 aliphatic carbocycles. The van der Waals surface area contributed by atoms with Crippen LogP contribution in [0.5, 0.6) is 0 Å². The van der Waals surface area contributed by atoms with Crippen LogP contribution in [0.25, 0.3) is 11.1 Å². The summed E-state index contributed by atoms with van der Waals surface area (Å²) in [6.45, 7) is 8.20. The number of rotatable bonds is 9. The topological polar surface area (TPSA) is 101 Å². The van der Waals surface area contributed by atoms with Crippen LogP contribution >= 0.6 is 11.6 Å². The predicted molar refractivity (Wildman–Crippen MR) is 136 cm³/mol. The van der Waals surface area contributed by atoms with Crippen LogP contribution in [-0.4, -0.2) is 27.9 Å². The lowest BCUT2D eigenvalue weighted by atomic mass is 9.86. The Morgan fingerprint density at radius 1 is 0.941 bits per heavy atom. The van der Waals surface area contributed by atoms with Gasteiger partial charge in [0.1, 0.15) is 4.90 Å². The molecule has 0 saturated carbocycles. The van der Waals surface area contributed by atoms with Gasteiger partial charge < -0.3 is 0 Å². The third-order valence-corrected chi connectivity index (χ3v) is 8.53. The monoisotopic (exact) mass is 523 g/mol. The molecule has 0 bridgehead atoms. The van der Waals surface area contributed by atoms with Crippen molar-refractivity contribution in [2.75, 3.05) is 6.54 Å². The van der Waals surface area contributed by atoms with Crippen molar-refractivity contribution in [3.8, 4) is 11.1 Å². The van der Waals surface area contributed by atoms with Gasteiger partial charge in [0, 0.05) is 17.1 Å². The average molecular weight is 524 g/mol. The average Bonchev–Trinajstić information content (AvgIpc) is 2.94. The van der Waals surface area contributed by atoms with Crippen molar-refractivity contribution in [1.29, 1.82) is 0 Å². The van der Waals surface area contributed by atoms with E-state index in [-0.39, 0.29) is 22.3 Å². The van der Waals surface area contributed by atoms with Gasteiger partial charge in [-0.25, -0.2) is 13.1 Å². The highest BCUT2D eigenvalue weighted by Gasteiger charge is 2.26. The van der Waals surface area contributed by atoms with Crippen LogP contribution in [0.2, 0.25) is 5.02 Å². The molecule has 0 fully saturated rings. The lowest BCUT2D eigenvalue weighted by molar-refractivity contribution is 0.335. The lowest BCUT2D eigenvalue weighted by Gasteiger charge is -2.25.